The standard InChI is InChI=1S/C16H18N4/c1-16(2,3)15-18-12-8-6-5-7-11(12)13(19-15)14-17-9-10-20(14)4/h5-10H,1-4H3. The van der Waals surface area contributed by atoms with Crippen LogP contribution in [0.5, 0.6) is 0 Å². The number of aromatic nitrogens is 4. The van der Waals surface area contributed by atoms with Crippen molar-refractivity contribution in [2.24, 2.45) is 7.05 Å². The Morgan fingerprint density at radius 3 is 2.45 bits per heavy atom. The van der Waals surface area contributed by atoms with Crippen LogP contribution in [0.2, 0.25) is 0 Å². The second kappa shape index (κ2) is 4.40. The molecule has 0 saturated heterocycles. The van der Waals surface area contributed by atoms with E-state index >= 15 is 0 Å². The van der Waals surface area contributed by atoms with Crippen molar-refractivity contribution in [3.05, 3.63) is 42.5 Å². The summed E-state index contributed by atoms with van der Waals surface area (Å²) in [6.45, 7) is 6.37. The lowest BCUT2D eigenvalue weighted by Crippen LogP contribution is -2.17. The predicted octanol–water partition coefficient (Wildman–Crippen LogP) is 3.33. The van der Waals surface area contributed by atoms with E-state index in [1.807, 2.05) is 42.1 Å². The maximum Gasteiger partial charge on any atom is 0.159 e. The molecular weight excluding hydrogens is 248 g/mol. The Bertz CT molecular complexity index is 765. The highest BCUT2D eigenvalue weighted by Crippen LogP contribution is 2.28. The van der Waals surface area contributed by atoms with Gasteiger partial charge in [0, 0.05) is 30.2 Å². The van der Waals surface area contributed by atoms with Crippen molar-refractivity contribution in [3.8, 4) is 11.5 Å². The Hall–Kier alpha value is -2.23. The fourth-order valence-corrected chi connectivity index (χ4v) is 2.18. The molecule has 4 heteroatoms. The van der Waals surface area contributed by atoms with Crippen molar-refractivity contribution in [2.45, 2.75) is 26.2 Å². The zero-order valence-corrected chi connectivity index (χ0v) is 12.3. The van der Waals surface area contributed by atoms with Gasteiger partial charge in [0.2, 0.25) is 0 Å². The first-order valence-corrected chi connectivity index (χ1v) is 6.72. The van der Waals surface area contributed by atoms with Crippen LogP contribution in [0.4, 0.5) is 0 Å². The lowest BCUT2D eigenvalue weighted by Gasteiger charge is -2.18. The van der Waals surface area contributed by atoms with Crippen molar-refractivity contribution in [3.63, 3.8) is 0 Å². The van der Waals surface area contributed by atoms with Crippen LogP contribution in [0.15, 0.2) is 36.7 Å². The summed E-state index contributed by atoms with van der Waals surface area (Å²) in [6.07, 6.45) is 3.73. The second-order valence-electron chi connectivity index (χ2n) is 6.02. The number of para-hydroxylation sites is 1. The lowest BCUT2D eigenvalue weighted by molar-refractivity contribution is 0.548. The average molecular weight is 266 g/mol. The van der Waals surface area contributed by atoms with Gasteiger partial charge in [-0.05, 0) is 6.07 Å². The quantitative estimate of drug-likeness (QED) is 0.678. The number of hydrogen-bond donors (Lipinski definition) is 0. The van der Waals surface area contributed by atoms with Crippen molar-refractivity contribution >= 4 is 10.9 Å². The molecule has 102 valence electrons. The van der Waals surface area contributed by atoms with Crippen molar-refractivity contribution in [1.82, 2.24) is 19.5 Å². The summed E-state index contributed by atoms with van der Waals surface area (Å²) in [4.78, 5) is 13.9. The number of imidazole rings is 1. The Labute approximate surface area is 118 Å². The molecule has 4 nitrogen and oxygen atoms in total. The fraction of sp³-hybridized carbons (Fsp3) is 0.312. The summed E-state index contributed by atoms with van der Waals surface area (Å²) in [6, 6.07) is 8.09. The largest absolute Gasteiger partial charge is 0.333 e. The van der Waals surface area contributed by atoms with E-state index in [1.54, 1.807) is 6.20 Å². The van der Waals surface area contributed by atoms with E-state index in [1.165, 1.54) is 0 Å². The van der Waals surface area contributed by atoms with Gasteiger partial charge in [-0.2, -0.15) is 0 Å². The third-order valence-electron chi connectivity index (χ3n) is 3.31. The summed E-state index contributed by atoms with van der Waals surface area (Å²) in [5, 5.41) is 1.04. The SMILES string of the molecule is Cn1ccnc1-c1nc(C(C)(C)C)nc2ccccc12. The zero-order valence-electron chi connectivity index (χ0n) is 12.3. The monoisotopic (exact) mass is 266 g/mol. The molecule has 20 heavy (non-hydrogen) atoms. The highest BCUT2D eigenvalue weighted by molar-refractivity contribution is 5.90. The van der Waals surface area contributed by atoms with Gasteiger partial charge in [-0.3, -0.25) is 0 Å². The molecule has 1 aromatic carbocycles. The molecule has 0 atom stereocenters. The number of fused-ring (bicyclic) bond motifs is 1. The molecule has 3 rings (SSSR count). The van der Waals surface area contributed by atoms with Crippen LogP contribution in [0.1, 0.15) is 26.6 Å². The first kappa shape index (κ1) is 12.8. The van der Waals surface area contributed by atoms with E-state index in [-0.39, 0.29) is 5.41 Å². The van der Waals surface area contributed by atoms with E-state index < -0.39 is 0 Å². The van der Waals surface area contributed by atoms with Gasteiger partial charge in [0.05, 0.1) is 5.52 Å². The molecule has 0 unspecified atom stereocenters. The Kier molecular flexibility index (Phi) is 2.82. The molecule has 0 aliphatic carbocycles. The van der Waals surface area contributed by atoms with Crippen molar-refractivity contribution < 1.29 is 0 Å². The topological polar surface area (TPSA) is 43.6 Å². The third kappa shape index (κ3) is 2.07. The van der Waals surface area contributed by atoms with Crippen molar-refractivity contribution in [1.29, 1.82) is 0 Å². The van der Waals surface area contributed by atoms with Gasteiger partial charge < -0.3 is 4.57 Å². The maximum atomic E-state index is 4.78. The molecule has 0 bridgehead atoms. The van der Waals surface area contributed by atoms with Gasteiger partial charge in [-0.25, -0.2) is 15.0 Å². The smallest absolute Gasteiger partial charge is 0.159 e. The molecule has 0 radical (unpaired) electrons. The molecule has 0 aliphatic rings. The normalized spacial score (nSPS) is 12.0. The Morgan fingerprint density at radius 2 is 1.80 bits per heavy atom. The van der Waals surface area contributed by atoms with Crippen LogP contribution < -0.4 is 0 Å². The molecule has 2 heterocycles. The summed E-state index contributed by atoms with van der Waals surface area (Å²) in [5.41, 5.74) is 1.77. The molecule has 0 fully saturated rings. The summed E-state index contributed by atoms with van der Waals surface area (Å²) in [5.74, 6) is 1.71. The minimum atomic E-state index is -0.0933. The van der Waals surface area contributed by atoms with Crippen LogP contribution in [-0.4, -0.2) is 19.5 Å². The minimum absolute atomic E-state index is 0.0933. The third-order valence-corrected chi connectivity index (χ3v) is 3.31. The number of rotatable bonds is 1. The van der Waals surface area contributed by atoms with Gasteiger partial charge in [0.15, 0.2) is 5.82 Å². The van der Waals surface area contributed by atoms with E-state index in [4.69, 9.17) is 9.97 Å². The number of hydrogen-bond acceptors (Lipinski definition) is 3. The first-order chi connectivity index (χ1) is 9.47. The van der Waals surface area contributed by atoms with E-state index in [0.717, 1.165) is 28.2 Å². The van der Waals surface area contributed by atoms with Crippen LogP contribution in [0, 0.1) is 0 Å². The van der Waals surface area contributed by atoms with Gasteiger partial charge in [0.1, 0.15) is 11.5 Å². The molecule has 0 N–H and O–H groups in total. The lowest BCUT2D eigenvalue weighted by atomic mass is 9.95. The maximum absolute atomic E-state index is 4.78. The molecule has 2 aromatic heterocycles. The molecule has 3 aromatic rings. The molecule has 0 spiro atoms. The minimum Gasteiger partial charge on any atom is -0.333 e. The van der Waals surface area contributed by atoms with Crippen LogP contribution in [0.3, 0.4) is 0 Å². The Morgan fingerprint density at radius 1 is 1.05 bits per heavy atom. The summed E-state index contributed by atoms with van der Waals surface area (Å²) in [7, 11) is 1.98. The summed E-state index contributed by atoms with van der Waals surface area (Å²) < 4.78 is 1.99. The van der Waals surface area contributed by atoms with Crippen LogP contribution in [-0.2, 0) is 12.5 Å². The molecular formula is C16H18N4. The van der Waals surface area contributed by atoms with Crippen LogP contribution in [0.25, 0.3) is 22.4 Å². The number of aryl methyl sites for hydroxylation is 1. The number of nitrogens with zero attached hydrogens (tertiary/aromatic N) is 4. The van der Waals surface area contributed by atoms with Gasteiger partial charge in [-0.1, -0.05) is 39.0 Å². The molecule has 0 saturated carbocycles. The molecule has 0 amide bonds. The number of benzene rings is 1. The average Bonchev–Trinajstić information content (AvgIpc) is 2.82. The van der Waals surface area contributed by atoms with Gasteiger partial charge >= 0.3 is 0 Å². The van der Waals surface area contributed by atoms with Crippen molar-refractivity contribution in [2.75, 3.05) is 0 Å². The second-order valence-corrected chi connectivity index (χ2v) is 6.02. The summed E-state index contributed by atoms with van der Waals surface area (Å²) >= 11 is 0. The zero-order chi connectivity index (χ0) is 14.3. The van der Waals surface area contributed by atoms with Gasteiger partial charge in [0.25, 0.3) is 0 Å². The molecule has 0 aliphatic heterocycles. The van der Waals surface area contributed by atoms with E-state index in [0.29, 0.717) is 0 Å². The van der Waals surface area contributed by atoms with E-state index in [9.17, 15) is 0 Å². The fourth-order valence-electron chi connectivity index (χ4n) is 2.18. The van der Waals surface area contributed by atoms with Crippen LogP contribution >= 0.6 is 0 Å². The van der Waals surface area contributed by atoms with E-state index in [2.05, 4.69) is 25.8 Å². The predicted molar refractivity (Wildman–Crippen MR) is 80.4 cm³/mol. The Balaban J connectivity index is 2.37. The highest BCUT2D eigenvalue weighted by atomic mass is 15.1. The van der Waals surface area contributed by atoms with Gasteiger partial charge in [-0.15, -0.1) is 0 Å². The first-order valence-electron chi connectivity index (χ1n) is 6.72. The highest BCUT2D eigenvalue weighted by Gasteiger charge is 2.21.